The minimum atomic E-state index is -4.74. The van der Waals surface area contributed by atoms with Crippen molar-refractivity contribution in [2.45, 2.75) is 6.36 Å². The van der Waals surface area contributed by atoms with Crippen molar-refractivity contribution in [2.75, 3.05) is 9.62 Å². The van der Waals surface area contributed by atoms with Crippen LogP contribution in [0.2, 0.25) is 0 Å². The first-order valence-electron chi connectivity index (χ1n) is 7.91. The topological polar surface area (TPSA) is 64.6 Å². The summed E-state index contributed by atoms with van der Waals surface area (Å²) >= 11 is -2.40. The summed E-state index contributed by atoms with van der Waals surface area (Å²) < 4.78 is 64.4. The van der Waals surface area contributed by atoms with Crippen molar-refractivity contribution < 1.29 is 26.7 Å². The maximum absolute atomic E-state index is 12.3. The third-order valence-corrected chi connectivity index (χ3v) is 4.20. The maximum Gasteiger partial charge on any atom is 0.573 e. The van der Waals surface area contributed by atoms with Gasteiger partial charge in [-0.25, -0.2) is 0 Å². The van der Waals surface area contributed by atoms with Crippen molar-refractivity contribution in [3.8, 4) is 5.75 Å². The standard InChI is InChI=1S/C19H15F3N2O3S/c1-13-2-3-15(14-4-6-16(7-5-14)23-28(25)26)12-24(13)17-8-10-18(11-9-17)27-19(20,21)22/h2-12,23H,1H2,(H,25,26)/p-1. The van der Waals surface area contributed by atoms with Gasteiger partial charge >= 0.3 is 6.36 Å². The van der Waals surface area contributed by atoms with Gasteiger partial charge in [-0.15, -0.1) is 13.2 Å². The van der Waals surface area contributed by atoms with E-state index in [0.29, 0.717) is 17.1 Å². The van der Waals surface area contributed by atoms with E-state index >= 15 is 0 Å². The maximum atomic E-state index is 12.3. The van der Waals surface area contributed by atoms with Crippen LogP contribution in [-0.4, -0.2) is 15.1 Å². The van der Waals surface area contributed by atoms with E-state index in [1.807, 2.05) is 6.08 Å². The normalized spacial score (nSPS) is 15.2. The van der Waals surface area contributed by atoms with Crippen LogP contribution >= 0.6 is 0 Å². The number of allylic oxidation sites excluding steroid dienone is 3. The molecule has 0 radical (unpaired) electrons. The van der Waals surface area contributed by atoms with Crippen LogP contribution in [0.3, 0.4) is 0 Å². The number of ether oxygens (including phenoxy) is 1. The predicted molar refractivity (Wildman–Crippen MR) is 101 cm³/mol. The number of halogens is 3. The number of hydrogen-bond donors (Lipinski definition) is 1. The number of anilines is 2. The lowest BCUT2D eigenvalue weighted by Crippen LogP contribution is -2.18. The number of benzene rings is 2. The zero-order valence-corrected chi connectivity index (χ0v) is 15.1. The average molecular weight is 407 g/mol. The fourth-order valence-corrected chi connectivity index (χ4v) is 2.91. The number of hydrogen-bond acceptors (Lipinski definition) is 4. The molecule has 28 heavy (non-hydrogen) atoms. The minimum Gasteiger partial charge on any atom is -0.755 e. The molecule has 3 rings (SSSR count). The van der Waals surface area contributed by atoms with E-state index in [9.17, 15) is 21.9 Å². The van der Waals surface area contributed by atoms with E-state index in [4.69, 9.17) is 0 Å². The van der Waals surface area contributed by atoms with Crippen molar-refractivity contribution in [1.82, 2.24) is 0 Å². The first-order valence-corrected chi connectivity index (χ1v) is 8.99. The quantitative estimate of drug-likeness (QED) is 0.729. The summed E-state index contributed by atoms with van der Waals surface area (Å²) in [6, 6.07) is 12.2. The highest BCUT2D eigenvalue weighted by atomic mass is 32.2. The van der Waals surface area contributed by atoms with Crippen LogP contribution in [0.5, 0.6) is 5.75 Å². The molecule has 1 unspecified atom stereocenters. The van der Waals surface area contributed by atoms with Crippen LogP contribution in [0.1, 0.15) is 5.56 Å². The smallest absolute Gasteiger partial charge is 0.573 e. The largest absolute Gasteiger partial charge is 0.755 e. The van der Waals surface area contributed by atoms with Crippen LogP contribution in [-0.2, 0) is 11.3 Å². The summed E-state index contributed by atoms with van der Waals surface area (Å²) in [5.74, 6) is -0.308. The predicted octanol–water partition coefficient (Wildman–Crippen LogP) is 4.72. The summed E-state index contributed by atoms with van der Waals surface area (Å²) in [4.78, 5) is 1.73. The van der Waals surface area contributed by atoms with Gasteiger partial charge in [-0.3, -0.25) is 4.21 Å². The number of nitrogens with one attached hydrogen (secondary N) is 1. The van der Waals surface area contributed by atoms with Gasteiger partial charge in [0.15, 0.2) is 0 Å². The first-order chi connectivity index (χ1) is 13.2. The van der Waals surface area contributed by atoms with Crippen molar-refractivity contribution in [3.63, 3.8) is 0 Å². The van der Waals surface area contributed by atoms with E-state index in [0.717, 1.165) is 11.1 Å². The fraction of sp³-hybridized carbons (Fsp3) is 0.0526. The van der Waals surface area contributed by atoms with E-state index < -0.39 is 17.6 Å². The zero-order valence-electron chi connectivity index (χ0n) is 14.3. The zero-order chi connectivity index (χ0) is 20.3. The molecule has 1 aliphatic rings. The van der Waals surface area contributed by atoms with Crippen LogP contribution in [0.4, 0.5) is 24.5 Å². The average Bonchev–Trinajstić information content (AvgIpc) is 2.62. The molecule has 5 nitrogen and oxygen atoms in total. The van der Waals surface area contributed by atoms with Crippen LogP contribution in [0.25, 0.3) is 5.57 Å². The molecule has 0 fully saturated rings. The Morgan fingerprint density at radius 1 is 1.04 bits per heavy atom. The Bertz CT molecular complexity index is 952. The van der Waals surface area contributed by atoms with Gasteiger partial charge in [0.1, 0.15) is 5.75 Å². The molecule has 0 saturated carbocycles. The highest BCUT2D eigenvalue weighted by Crippen LogP contribution is 2.31. The second-order valence-electron chi connectivity index (χ2n) is 5.73. The van der Waals surface area contributed by atoms with Crippen molar-refractivity contribution in [2.24, 2.45) is 0 Å². The summed E-state index contributed by atoms with van der Waals surface area (Å²) in [7, 11) is 0. The van der Waals surface area contributed by atoms with E-state index in [1.165, 1.54) is 24.3 Å². The molecule has 0 aromatic heterocycles. The second-order valence-corrected chi connectivity index (χ2v) is 6.41. The molecule has 1 heterocycles. The fourth-order valence-electron chi connectivity index (χ4n) is 2.58. The van der Waals surface area contributed by atoms with Gasteiger partial charge in [0.05, 0.1) is 0 Å². The Balaban J connectivity index is 1.82. The Morgan fingerprint density at radius 2 is 1.68 bits per heavy atom. The molecule has 1 atom stereocenters. The number of nitrogens with zero attached hydrogens (tertiary/aromatic N) is 1. The lowest BCUT2D eigenvalue weighted by Gasteiger charge is -2.26. The van der Waals surface area contributed by atoms with Crippen LogP contribution in [0, 0.1) is 0 Å². The second kappa shape index (κ2) is 7.91. The van der Waals surface area contributed by atoms with E-state index in [-0.39, 0.29) is 5.75 Å². The Kier molecular flexibility index (Phi) is 5.57. The molecule has 146 valence electrons. The van der Waals surface area contributed by atoms with Gasteiger partial charge in [-0.05, 0) is 53.6 Å². The highest BCUT2D eigenvalue weighted by Gasteiger charge is 2.31. The Hall–Kier alpha value is -3.04. The molecule has 1 N–H and O–H groups in total. The number of alkyl halides is 3. The third kappa shape index (κ3) is 5.02. The van der Waals surface area contributed by atoms with Crippen LogP contribution < -0.4 is 14.4 Å². The minimum absolute atomic E-state index is 0.308. The molecular weight excluding hydrogens is 393 g/mol. The third-order valence-electron chi connectivity index (χ3n) is 3.80. The van der Waals surface area contributed by atoms with Crippen molar-refractivity contribution in [3.05, 3.63) is 84.7 Å². The molecule has 1 aliphatic heterocycles. The highest BCUT2D eigenvalue weighted by molar-refractivity contribution is 7.80. The Morgan fingerprint density at radius 3 is 2.25 bits per heavy atom. The lowest BCUT2D eigenvalue weighted by molar-refractivity contribution is -0.274. The lowest BCUT2D eigenvalue weighted by atomic mass is 10.0. The molecule has 0 bridgehead atoms. The molecule has 0 amide bonds. The van der Waals surface area contributed by atoms with Gasteiger partial charge in [-0.1, -0.05) is 24.8 Å². The molecule has 0 aliphatic carbocycles. The SMILES string of the molecule is C=C1C=CC(c2ccc(NS(=O)[O-])cc2)=CN1c1ccc(OC(F)(F)F)cc1. The van der Waals surface area contributed by atoms with Gasteiger partial charge in [0.25, 0.3) is 0 Å². The molecule has 0 saturated heterocycles. The summed E-state index contributed by atoms with van der Waals surface area (Å²) in [6.07, 6.45) is 0.657. The molecule has 0 spiro atoms. The summed E-state index contributed by atoms with van der Waals surface area (Å²) in [5.41, 5.74) is 3.32. The van der Waals surface area contributed by atoms with Crippen LogP contribution in [0.15, 0.2) is 79.2 Å². The first kappa shape index (κ1) is 19.7. The molecule has 9 heteroatoms. The monoisotopic (exact) mass is 407 g/mol. The van der Waals surface area contributed by atoms with Gasteiger partial charge < -0.3 is 18.9 Å². The van der Waals surface area contributed by atoms with Crippen molar-refractivity contribution in [1.29, 1.82) is 0 Å². The van der Waals surface area contributed by atoms with E-state index in [2.05, 4.69) is 16.0 Å². The van der Waals surface area contributed by atoms with Gasteiger partial charge in [0.2, 0.25) is 0 Å². The summed E-state index contributed by atoms with van der Waals surface area (Å²) in [5, 5.41) is 0. The van der Waals surface area contributed by atoms with E-state index in [1.54, 1.807) is 41.4 Å². The summed E-state index contributed by atoms with van der Waals surface area (Å²) in [6.45, 7) is 3.93. The number of rotatable bonds is 5. The Labute approximate surface area is 161 Å². The van der Waals surface area contributed by atoms with Gasteiger partial charge in [-0.2, -0.15) is 0 Å². The molecule has 2 aromatic carbocycles. The molecule has 2 aromatic rings. The van der Waals surface area contributed by atoms with Crippen molar-refractivity contribution >= 4 is 28.2 Å². The molecular formula is C19H14F3N2O3S-. The van der Waals surface area contributed by atoms with Gasteiger partial charge in [0, 0.05) is 34.5 Å².